The molecule has 0 atom stereocenters. The molecule has 5 rings (SSSR count). The minimum absolute atomic E-state index is 0.0573. The number of benzene rings is 1. The van der Waals surface area contributed by atoms with Gasteiger partial charge >= 0.3 is 0 Å². The number of halogens is 1. The van der Waals surface area contributed by atoms with E-state index in [-0.39, 0.29) is 22.6 Å². The van der Waals surface area contributed by atoms with Crippen molar-refractivity contribution in [2.24, 2.45) is 0 Å². The third-order valence-corrected chi connectivity index (χ3v) is 7.80. The van der Waals surface area contributed by atoms with Gasteiger partial charge in [-0.3, -0.25) is 4.79 Å². The van der Waals surface area contributed by atoms with E-state index in [1.54, 1.807) is 15.6 Å². The van der Waals surface area contributed by atoms with E-state index in [0.29, 0.717) is 26.4 Å². The second kappa shape index (κ2) is 8.68. The predicted molar refractivity (Wildman–Crippen MR) is 147 cm³/mol. The van der Waals surface area contributed by atoms with Gasteiger partial charge in [-0.15, -0.1) is 0 Å². The van der Waals surface area contributed by atoms with Gasteiger partial charge < -0.3 is 10.6 Å². The number of hydrogen-bond acceptors (Lipinski definition) is 7. The van der Waals surface area contributed by atoms with E-state index in [4.69, 9.17) is 21.6 Å². The highest BCUT2D eigenvalue weighted by molar-refractivity contribution is 7.18. The summed E-state index contributed by atoms with van der Waals surface area (Å²) < 4.78 is 4.06. The topological polar surface area (TPSA) is 89.7 Å². The zero-order valence-electron chi connectivity index (χ0n) is 21.7. The lowest BCUT2D eigenvalue weighted by Gasteiger charge is -2.34. The fourth-order valence-electron chi connectivity index (χ4n) is 4.78. The Labute approximate surface area is 219 Å². The van der Waals surface area contributed by atoms with Gasteiger partial charge in [0.05, 0.1) is 5.69 Å². The van der Waals surface area contributed by atoms with Crippen molar-refractivity contribution in [3.8, 4) is 5.13 Å². The Bertz CT molecular complexity index is 1520. The van der Waals surface area contributed by atoms with E-state index < -0.39 is 0 Å². The van der Waals surface area contributed by atoms with Crippen LogP contribution in [0.4, 0.5) is 11.6 Å². The Hall–Kier alpha value is -2.75. The molecule has 0 saturated heterocycles. The minimum Gasteiger partial charge on any atom is -0.324 e. The van der Waals surface area contributed by atoms with Gasteiger partial charge in [0.15, 0.2) is 5.65 Å². The Morgan fingerprint density at radius 3 is 2.64 bits per heavy atom. The lowest BCUT2D eigenvalue weighted by atomic mass is 9.85. The molecule has 10 heteroatoms. The zero-order chi connectivity index (χ0) is 26.0. The van der Waals surface area contributed by atoms with Gasteiger partial charge in [0, 0.05) is 28.9 Å². The van der Waals surface area contributed by atoms with Crippen LogP contribution in [0.15, 0.2) is 29.2 Å². The van der Waals surface area contributed by atoms with Crippen molar-refractivity contribution in [1.29, 1.82) is 0 Å². The van der Waals surface area contributed by atoms with Crippen LogP contribution in [0, 0.1) is 0 Å². The highest BCUT2D eigenvalue weighted by Gasteiger charge is 2.28. The average Bonchev–Trinajstić information content (AvgIpc) is 3.30. The van der Waals surface area contributed by atoms with Gasteiger partial charge in [-0.2, -0.15) is 4.98 Å². The molecule has 4 aromatic rings. The highest BCUT2D eigenvalue weighted by atomic mass is 35.5. The monoisotopic (exact) mass is 525 g/mol. The summed E-state index contributed by atoms with van der Waals surface area (Å²) in [5.74, 6) is 0.420. The van der Waals surface area contributed by atoms with Gasteiger partial charge in [0.25, 0.3) is 5.56 Å². The van der Waals surface area contributed by atoms with Crippen LogP contribution < -0.4 is 16.2 Å². The number of hydrogen-bond donors (Lipinski definition) is 2. The molecule has 190 valence electrons. The van der Waals surface area contributed by atoms with Crippen LogP contribution in [0.1, 0.15) is 71.3 Å². The van der Waals surface area contributed by atoms with Crippen molar-refractivity contribution < 1.29 is 0 Å². The first-order valence-electron chi connectivity index (χ1n) is 12.2. The summed E-state index contributed by atoms with van der Waals surface area (Å²) in [6.07, 6.45) is 2.56. The molecule has 0 amide bonds. The zero-order valence-corrected chi connectivity index (χ0v) is 23.3. The molecule has 36 heavy (non-hydrogen) atoms. The standard InChI is InChI=1S/C26H32ClN7OS/c1-14(2)33-22(35)17-13-28-23(30-16-8-9-18-15(12-16)10-11-29-26(18,6)7)32-21(17)34(33)24-31-19(20(27)36-24)25(3,4)5/h8-9,12-14,29H,10-11H2,1-7H3,(H,28,30,32). The number of nitrogens with zero attached hydrogens (tertiary/aromatic N) is 5. The average molecular weight is 526 g/mol. The van der Waals surface area contributed by atoms with Crippen molar-refractivity contribution in [2.75, 3.05) is 11.9 Å². The Morgan fingerprint density at radius 1 is 1.22 bits per heavy atom. The van der Waals surface area contributed by atoms with Crippen LogP contribution >= 0.6 is 22.9 Å². The number of fused-ring (bicyclic) bond motifs is 2. The normalized spacial score (nSPS) is 15.5. The lowest BCUT2D eigenvalue weighted by molar-refractivity contribution is 0.382. The second-order valence-electron chi connectivity index (χ2n) is 11.2. The van der Waals surface area contributed by atoms with Crippen molar-refractivity contribution >= 4 is 45.6 Å². The Kier molecular flexibility index (Phi) is 6.01. The first-order valence-corrected chi connectivity index (χ1v) is 13.4. The third-order valence-electron chi connectivity index (χ3n) is 6.57. The van der Waals surface area contributed by atoms with E-state index >= 15 is 0 Å². The van der Waals surface area contributed by atoms with Crippen LogP contribution in [-0.2, 0) is 17.4 Å². The summed E-state index contributed by atoms with van der Waals surface area (Å²) in [7, 11) is 0. The van der Waals surface area contributed by atoms with Crippen LogP contribution in [-0.4, -0.2) is 30.9 Å². The summed E-state index contributed by atoms with van der Waals surface area (Å²) in [6, 6.07) is 6.25. The first kappa shape index (κ1) is 24.9. The van der Waals surface area contributed by atoms with Crippen LogP contribution in [0.5, 0.6) is 0 Å². The fourth-order valence-corrected chi connectivity index (χ4v) is 6.32. The second-order valence-corrected chi connectivity index (χ2v) is 12.7. The molecule has 0 unspecified atom stereocenters. The molecular formula is C26H32ClN7OS. The molecular weight excluding hydrogens is 494 g/mol. The summed E-state index contributed by atoms with van der Waals surface area (Å²) in [5, 5.41) is 7.95. The molecule has 0 saturated carbocycles. The molecule has 0 aliphatic carbocycles. The predicted octanol–water partition coefficient (Wildman–Crippen LogP) is 5.69. The summed E-state index contributed by atoms with van der Waals surface area (Å²) in [4.78, 5) is 27.4. The van der Waals surface area contributed by atoms with Gasteiger partial charge in [-0.25, -0.2) is 19.3 Å². The first-order chi connectivity index (χ1) is 16.9. The number of anilines is 2. The quantitative estimate of drug-likeness (QED) is 0.355. The van der Waals surface area contributed by atoms with Crippen molar-refractivity contribution in [3.63, 3.8) is 0 Å². The fraction of sp³-hybridized carbons (Fsp3) is 0.462. The molecule has 0 radical (unpaired) electrons. The Morgan fingerprint density at radius 2 is 1.97 bits per heavy atom. The van der Waals surface area contributed by atoms with Crippen LogP contribution in [0.3, 0.4) is 0 Å². The van der Waals surface area contributed by atoms with E-state index in [9.17, 15) is 4.79 Å². The third kappa shape index (κ3) is 4.23. The van der Waals surface area contributed by atoms with Gasteiger partial charge in [-0.05, 0) is 63.9 Å². The number of aromatic nitrogens is 5. The van der Waals surface area contributed by atoms with E-state index in [1.807, 2.05) is 19.9 Å². The smallest absolute Gasteiger partial charge is 0.278 e. The summed E-state index contributed by atoms with van der Waals surface area (Å²) in [5.41, 5.74) is 4.38. The van der Waals surface area contributed by atoms with Crippen molar-refractivity contribution in [3.05, 3.63) is 55.9 Å². The number of thiazole rings is 1. The maximum absolute atomic E-state index is 13.3. The molecule has 4 heterocycles. The van der Waals surface area contributed by atoms with Gasteiger partial charge in [0.2, 0.25) is 11.1 Å². The molecule has 0 bridgehead atoms. The molecule has 8 nitrogen and oxygen atoms in total. The van der Waals surface area contributed by atoms with Gasteiger partial charge in [-0.1, -0.05) is 49.8 Å². The summed E-state index contributed by atoms with van der Waals surface area (Å²) >= 11 is 7.94. The van der Waals surface area contributed by atoms with Crippen molar-refractivity contribution in [1.82, 2.24) is 29.6 Å². The largest absolute Gasteiger partial charge is 0.324 e. The van der Waals surface area contributed by atoms with Crippen LogP contribution in [0.25, 0.3) is 16.2 Å². The molecule has 2 N–H and O–H groups in total. The van der Waals surface area contributed by atoms with E-state index in [0.717, 1.165) is 24.3 Å². The van der Waals surface area contributed by atoms with Crippen molar-refractivity contribution in [2.45, 2.75) is 71.9 Å². The maximum atomic E-state index is 13.3. The maximum Gasteiger partial charge on any atom is 0.278 e. The van der Waals surface area contributed by atoms with E-state index in [1.165, 1.54) is 22.5 Å². The summed E-state index contributed by atoms with van der Waals surface area (Å²) in [6.45, 7) is 15.5. The molecule has 0 fully saturated rings. The SMILES string of the molecule is CC(C)n1c(=O)c2cnc(Nc3ccc4c(c3)CCNC4(C)C)nc2n1-c1nc(C(C)(C)C)c(Cl)s1. The van der Waals surface area contributed by atoms with E-state index in [2.05, 4.69) is 62.4 Å². The molecule has 1 aromatic carbocycles. The van der Waals surface area contributed by atoms with Crippen LogP contribution in [0.2, 0.25) is 4.34 Å². The highest BCUT2D eigenvalue weighted by Crippen LogP contribution is 2.36. The Balaban J connectivity index is 1.61. The number of nitrogens with one attached hydrogen (secondary N) is 2. The minimum atomic E-state index is -0.226. The number of rotatable bonds is 4. The van der Waals surface area contributed by atoms with Gasteiger partial charge in [0.1, 0.15) is 9.72 Å². The molecule has 1 aliphatic rings. The molecule has 1 aliphatic heterocycles. The molecule has 3 aromatic heterocycles. The molecule has 0 spiro atoms. The lowest BCUT2D eigenvalue weighted by Crippen LogP contribution is -2.42.